The molecule has 17 nitrogen and oxygen atoms in total. The minimum atomic E-state index is -4.96. The Labute approximate surface area is 594 Å². The predicted octanol–water partition coefficient (Wildman–Crippen LogP) is 22.8. The normalized spacial score (nSPS) is 14.4. The van der Waals surface area contributed by atoms with Crippen molar-refractivity contribution >= 4 is 39.5 Å². The van der Waals surface area contributed by atoms with Gasteiger partial charge in [-0.05, 0) is 49.4 Å². The van der Waals surface area contributed by atoms with Gasteiger partial charge in [0, 0.05) is 25.7 Å². The molecule has 0 amide bonds. The van der Waals surface area contributed by atoms with E-state index >= 15 is 0 Å². The van der Waals surface area contributed by atoms with Crippen LogP contribution in [0.15, 0.2) is 0 Å². The Hall–Kier alpha value is -1.94. The molecule has 0 aliphatic carbocycles. The molecule has 0 aliphatic heterocycles. The first kappa shape index (κ1) is 95.1. The summed E-state index contributed by atoms with van der Waals surface area (Å²) in [5.41, 5.74) is 0. The largest absolute Gasteiger partial charge is 0.472 e. The van der Waals surface area contributed by atoms with Gasteiger partial charge in [0.2, 0.25) is 0 Å². The number of hydrogen-bond donors (Lipinski definition) is 3. The van der Waals surface area contributed by atoms with Crippen LogP contribution in [0.2, 0.25) is 0 Å². The van der Waals surface area contributed by atoms with Crippen LogP contribution in [0.5, 0.6) is 0 Å². The van der Waals surface area contributed by atoms with Crippen LogP contribution in [0.1, 0.15) is 396 Å². The van der Waals surface area contributed by atoms with Gasteiger partial charge in [-0.1, -0.05) is 344 Å². The SMILES string of the molecule is CCC(C)CCCCCCCCC(=O)O[C@H](COC(=O)CCCCCCCCCCC(C)C)COP(=O)(O)OCC(O)COP(=O)(O)OC[C@@H](COC(=O)CCCCCCCCCCCCCCCCCC(C)C)OC(=O)CCCCCCCCCCCCCCCCCC(C)C. The van der Waals surface area contributed by atoms with Crippen molar-refractivity contribution in [3.05, 3.63) is 0 Å². The predicted molar refractivity (Wildman–Crippen MR) is 395 cm³/mol. The fraction of sp³-hybridized carbons (Fsp3) is 0.949. The molecule has 0 aliphatic rings. The fourth-order valence-electron chi connectivity index (χ4n) is 11.9. The second-order valence-corrected chi connectivity index (χ2v) is 32.7. The van der Waals surface area contributed by atoms with Crippen molar-refractivity contribution in [3.63, 3.8) is 0 Å². The highest BCUT2D eigenvalue weighted by atomic mass is 31.2. The lowest BCUT2D eigenvalue weighted by atomic mass is 10.00. The summed E-state index contributed by atoms with van der Waals surface area (Å²) in [6.07, 6.45) is 52.9. The molecule has 0 spiro atoms. The summed E-state index contributed by atoms with van der Waals surface area (Å²) >= 11 is 0. The summed E-state index contributed by atoms with van der Waals surface area (Å²) in [5, 5.41) is 10.6. The van der Waals surface area contributed by atoms with Crippen molar-refractivity contribution in [1.82, 2.24) is 0 Å². The number of aliphatic hydroxyl groups excluding tert-OH is 1. The van der Waals surface area contributed by atoms with Crippen molar-refractivity contribution in [3.8, 4) is 0 Å². The number of rotatable bonds is 75. The average Bonchev–Trinajstić information content (AvgIpc) is 1.10. The average molecular weight is 1420 g/mol. The van der Waals surface area contributed by atoms with Crippen LogP contribution in [0.25, 0.3) is 0 Å². The van der Waals surface area contributed by atoms with Crippen LogP contribution in [-0.4, -0.2) is 96.7 Å². The third-order valence-corrected chi connectivity index (χ3v) is 20.3. The minimum Gasteiger partial charge on any atom is -0.462 e. The number of unbranched alkanes of at least 4 members (excludes halogenated alkanes) is 40. The zero-order valence-corrected chi connectivity index (χ0v) is 65.5. The smallest absolute Gasteiger partial charge is 0.462 e. The van der Waals surface area contributed by atoms with Crippen LogP contribution in [0, 0.1) is 23.7 Å². The van der Waals surface area contributed by atoms with Crippen LogP contribution >= 0.6 is 15.6 Å². The first-order valence-electron chi connectivity index (χ1n) is 40.2. The number of carbonyl (C=O) groups excluding carboxylic acids is 4. The molecule has 19 heteroatoms. The summed E-state index contributed by atoms with van der Waals surface area (Å²) in [6.45, 7) is 14.2. The van der Waals surface area contributed by atoms with E-state index in [4.69, 9.17) is 37.0 Å². The van der Waals surface area contributed by atoms with Gasteiger partial charge in [-0.3, -0.25) is 37.3 Å². The van der Waals surface area contributed by atoms with Crippen LogP contribution in [-0.2, 0) is 65.4 Å². The van der Waals surface area contributed by atoms with Gasteiger partial charge in [-0.15, -0.1) is 0 Å². The summed E-state index contributed by atoms with van der Waals surface area (Å²) in [7, 11) is -9.92. The third kappa shape index (κ3) is 70.9. The van der Waals surface area contributed by atoms with E-state index in [9.17, 15) is 43.2 Å². The van der Waals surface area contributed by atoms with E-state index in [-0.39, 0.29) is 25.7 Å². The van der Waals surface area contributed by atoms with Gasteiger partial charge >= 0.3 is 39.5 Å². The van der Waals surface area contributed by atoms with Gasteiger partial charge in [-0.25, -0.2) is 9.13 Å². The molecule has 0 saturated heterocycles. The molecular weight excluding hydrogens is 1270 g/mol. The van der Waals surface area contributed by atoms with Gasteiger partial charge in [0.1, 0.15) is 19.3 Å². The Kier molecular flexibility index (Phi) is 65.9. The Morgan fingerprint density at radius 3 is 0.732 bits per heavy atom. The summed E-state index contributed by atoms with van der Waals surface area (Å²) in [4.78, 5) is 72.9. The van der Waals surface area contributed by atoms with Crippen LogP contribution < -0.4 is 0 Å². The first-order chi connectivity index (χ1) is 46.6. The standard InChI is InChI=1S/C78H152O17P2/c1-9-71(8)57-49-41-36-37-45-53-61-78(83)95-74(65-89-76(81)59-51-43-34-29-28-32-40-48-56-70(6)7)67-93-97(86,87)91-63-72(79)62-90-96(84,85)92-66-73(94-77(82)60-52-44-35-27-23-19-15-11-13-17-21-25-31-39-47-55-69(4)5)64-88-75(80)58-50-42-33-26-22-18-14-10-12-16-20-24-30-38-46-54-68(2)3/h68-74,79H,9-67H2,1-8H3,(H,84,85)(H,86,87)/t71?,72?,73-,74-/m1/s1. The van der Waals surface area contributed by atoms with Crippen LogP contribution in [0.4, 0.5) is 0 Å². The molecule has 6 atom stereocenters. The van der Waals surface area contributed by atoms with E-state index in [0.717, 1.165) is 114 Å². The van der Waals surface area contributed by atoms with Crippen molar-refractivity contribution < 1.29 is 80.2 Å². The Morgan fingerprint density at radius 2 is 0.495 bits per heavy atom. The van der Waals surface area contributed by atoms with Gasteiger partial charge < -0.3 is 33.8 Å². The first-order valence-corrected chi connectivity index (χ1v) is 43.2. The number of phosphoric acid groups is 2. The third-order valence-electron chi connectivity index (χ3n) is 18.4. The van der Waals surface area contributed by atoms with E-state index in [1.165, 1.54) is 199 Å². The Bertz CT molecular complexity index is 1900. The molecule has 97 heavy (non-hydrogen) atoms. The quantitative estimate of drug-likeness (QED) is 0.0222. The molecule has 3 N–H and O–H groups in total. The molecule has 0 bridgehead atoms. The number of esters is 4. The lowest BCUT2D eigenvalue weighted by Crippen LogP contribution is -2.30. The second kappa shape index (κ2) is 67.2. The van der Waals surface area contributed by atoms with E-state index in [1.807, 2.05) is 0 Å². The zero-order valence-electron chi connectivity index (χ0n) is 63.7. The van der Waals surface area contributed by atoms with Crippen molar-refractivity contribution in [2.75, 3.05) is 39.6 Å². The van der Waals surface area contributed by atoms with Crippen molar-refractivity contribution in [2.24, 2.45) is 23.7 Å². The number of carbonyl (C=O) groups is 4. The lowest BCUT2D eigenvalue weighted by Gasteiger charge is -2.21. The molecule has 0 rings (SSSR count). The summed E-state index contributed by atoms with van der Waals surface area (Å²) in [6, 6.07) is 0. The lowest BCUT2D eigenvalue weighted by molar-refractivity contribution is -0.161. The summed E-state index contributed by atoms with van der Waals surface area (Å²) in [5.74, 6) is 0.934. The van der Waals surface area contributed by atoms with Gasteiger partial charge in [0.25, 0.3) is 0 Å². The minimum absolute atomic E-state index is 0.102. The maximum atomic E-state index is 13.1. The topological polar surface area (TPSA) is 237 Å². The Balaban J connectivity index is 5.23. The van der Waals surface area contributed by atoms with E-state index < -0.39 is 97.5 Å². The fourth-order valence-corrected chi connectivity index (χ4v) is 13.5. The van der Waals surface area contributed by atoms with Gasteiger partial charge in [0.05, 0.1) is 26.4 Å². The highest BCUT2D eigenvalue weighted by Crippen LogP contribution is 2.45. The monoisotopic (exact) mass is 1420 g/mol. The zero-order chi connectivity index (χ0) is 71.7. The molecule has 0 heterocycles. The van der Waals surface area contributed by atoms with E-state index in [2.05, 4.69) is 55.4 Å². The number of phosphoric ester groups is 2. The molecule has 0 fully saturated rings. The molecular formula is C78H152O17P2. The number of aliphatic hydroxyl groups is 1. The summed E-state index contributed by atoms with van der Waals surface area (Å²) < 4.78 is 68.6. The number of hydrogen-bond acceptors (Lipinski definition) is 15. The molecule has 0 aromatic carbocycles. The Morgan fingerprint density at radius 1 is 0.289 bits per heavy atom. The molecule has 0 aromatic rings. The maximum Gasteiger partial charge on any atom is 0.472 e. The highest BCUT2D eigenvalue weighted by molar-refractivity contribution is 7.47. The van der Waals surface area contributed by atoms with E-state index in [0.29, 0.717) is 25.7 Å². The van der Waals surface area contributed by atoms with Gasteiger partial charge in [0.15, 0.2) is 12.2 Å². The van der Waals surface area contributed by atoms with E-state index in [1.54, 1.807) is 0 Å². The highest BCUT2D eigenvalue weighted by Gasteiger charge is 2.30. The van der Waals surface area contributed by atoms with Crippen LogP contribution in [0.3, 0.4) is 0 Å². The number of ether oxygens (including phenoxy) is 4. The molecule has 0 aromatic heterocycles. The molecule has 576 valence electrons. The van der Waals surface area contributed by atoms with Crippen molar-refractivity contribution in [1.29, 1.82) is 0 Å². The maximum absolute atomic E-state index is 13.1. The molecule has 0 saturated carbocycles. The van der Waals surface area contributed by atoms with Gasteiger partial charge in [-0.2, -0.15) is 0 Å². The van der Waals surface area contributed by atoms with Crippen molar-refractivity contribution in [2.45, 2.75) is 414 Å². The molecule has 4 unspecified atom stereocenters. The molecule has 0 radical (unpaired) electrons. The second-order valence-electron chi connectivity index (χ2n) is 29.8.